The second-order valence-corrected chi connectivity index (χ2v) is 4.89. The molecule has 3 rings (SSSR count). The average molecular weight is 259 g/mol. The van der Waals surface area contributed by atoms with Gasteiger partial charge < -0.3 is 14.6 Å². The van der Waals surface area contributed by atoms with Gasteiger partial charge in [-0.25, -0.2) is 9.78 Å². The van der Waals surface area contributed by atoms with Gasteiger partial charge in [0.1, 0.15) is 5.82 Å². The summed E-state index contributed by atoms with van der Waals surface area (Å²) in [6.45, 7) is 1.44. The highest BCUT2D eigenvalue weighted by Crippen LogP contribution is 2.26. The molecule has 1 saturated heterocycles. The minimum Gasteiger partial charge on any atom is -0.453 e. The first kappa shape index (κ1) is 12.0. The number of ether oxygens (including phenoxy) is 1. The van der Waals surface area contributed by atoms with Crippen molar-refractivity contribution in [3.8, 4) is 0 Å². The predicted octanol–water partition coefficient (Wildman–Crippen LogP) is 2.51. The van der Waals surface area contributed by atoms with Gasteiger partial charge in [0.2, 0.25) is 0 Å². The quantitative estimate of drug-likeness (QED) is 0.856. The van der Waals surface area contributed by atoms with Crippen LogP contribution in [0.25, 0.3) is 11.0 Å². The number of amides is 1. The smallest absolute Gasteiger partial charge is 0.409 e. The molecule has 0 bridgehead atoms. The number of H-pyrrole nitrogens is 1. The number of carbonyl (C=O) groups excluding carboxylic acids is 1. The zero-order valence-corrected chi connectivity index (χ0v) is 10.9. The van der Waals surface area contributed by atoms with Crippen molar-refractivity contribution in [2.24, 2.45) is 0 Å². The molecule has 0 radical (unpaired) electrons. The summed E-state index contributed by atoms with van der Waals surface area (Å²) in [4.78, 5) is 21.3. The van der Waals surface area contributed by atoms with Crippen LogP contribution < -0.4 is 0 Å². The first-order valence-corrected chi connectivity index (χ1v) is 6.55. The van der Waals surface area contributed by atoms with Crippen molar-refractivity contribution in [1.29, 1.82) is 0 Å². The van der Waals surface area contributed by atoms with E-state index in [4.69, 9.17) is 4.74 Å². The Kier molecular flexibility index (Phi) is 3.11. The normalized spacial score (nSPS) is 19.6. The van der Waals surface area contributed by atoms with Gasteiger partial charge in [-0.15, -0.1) is 0 Å². The topological polar surface area (TPSA) is 58.2 Å². The number of para-hydroxylation sites is 2. The average Bonchev–Trinajstić information content (AvgIpc) is 2.90. The fraction of sp³-hybridized carbons (Fsp3) is 0.429. The van der Waals surface area contributed by atoms with Crippen LogP contribution in [0.1, 0.15) is 24.6 Å². The molecule has 1 fully saturated rings. The number of nitrogens with one attached hydrogen (secondary N) is 1. The first-order chi connectivity index (χ1) is 9.28. The molecule has 19 heavy (non-hydrogen) atoms. The van der Waals surface area contributed by atoms with Crippen LogP contribution in [0.4, 0.5) is 4.79 Å². The Hall–Kier alpha value is -2.04. The van der Waals surface area contributed by atoms with Crippen molar-refractivity contribution in [3.63, 3.8) is 0 Å². The van der Waals surface area contributed by atoms with E-state index in [2.05, 4.69) is 9.97 Å². The highest BCUT2D eigenvalue weighted by Gasteiger charge is 2.27. The van der Waals surface area contributed by atoms with Gasteiger partial charge in [0.15, 0.2) is 0 Å². The second kappa shape index (κ2) is 4.91. The van der Waals surface area contributed by atoms with Gasteiger partial charge in [-0.1, -0.05) is 12.1 Å². The number of benzene rings is 1. The van der Waals surface area contributed by atoms with Crippen LogP contribution in [-0.4, -0.2) is 41.2 Å². The number of aromatic nitrogens is 2. The summed E-state index contributed by atoms with van der Waals surface area (Å²) >= 11 is 0. The van der Waals surface area contributed by atoms with E-state index >= 15 is 0 Å². The molecule has 100 valence electrons. The summed E-state index contributed by atoms with van der Waals surface area (Å²) in [7, 11) is 1.42. The molecule has 0 aliphatic carbocycles. The summed E-state index contributed by atoms with van der Waals surface area (Å²) in [5.41, 5.74) is 2.03. The molecule has 1 amide bonds. The number of methoxy groups -OCH3 is 1. The van der Waals surface area contributed by atoms with Gasteiger partial charge in [-0.3, -0.25) is 0 Å². The number of imidazole rings is 1. The van der Waals surface area contributed by atoms with Crippen LogP contribution in [0.2, 0.25) is 0 Å². The molecule has 5 heteroatoms. The number of aromatic amines is 1. The Morgan fingerprint density at radius 2 is 2.32 bits per heavy atom. The lowest BCUT2D eigenvalue weighted by Gasteiger charge is -2.30. The van der Waals surface area contributed by atoms with Crippen molar-refractivity contribution in [2.45, 2.75) is 18.8 Å². The van der Waals surface area contributed by atoms with Crippen LogP contribution >= 0.6 is 0 Å². The maximum Gasteiger partial charge on any atom is 0.409 e. The molecule has 1 N–H and O–H groups in total. The van der Waals surface area contributed by atoms with E-state index in [0.717, 1.165) is 36.2 Å². The second-order valence-electron chi connectivity index (χ2n) is 4.89. The number of likely N-dealkylation sites (tertiary alicyclic amines) is 1. The summed E-state index contributed by atoms with van der Waals surface area (Å²) in [5.74, 6) is 1.23. The van der Waals surface area contributed by atoms with E-state index in [1.165, 1.54) is 7.11 Å². The summed E-state index contributed by atoms with van der Waals surface area (Å²) < 4.78 is 4.79. The highest BCUT2D eigenvalue weighted by atomic mass is 16.5. The van der Waals surface area contributed by atoms with Crippen molar-refractivity contribution < 1.29 is 9.53 Å². The van der Waals surface area contributed by atoms with Gasteiger partial charge in [0.25, 0.3) is 0 Å². The molecule has 1 aliphatic rings. The molecule has 1 unspecified atom stereocenters. The minimum atomic E-state index is -0.249. The molecule has 2 aromatic rings. The van der Waals surface area contributed by atoms with Crippen LogP contribution in [0.15, 0.2) is 24.3 Å². The van der Waals surface area contributed by atoms with Gasteiger partial charge >= 0.3 is 6.09 Å². The molecule has 1 aliphatic heterocycles. The van der Waals surface area contributed by atoms with Crippen molar-refractivity contribution in [1.82, 2.24) is 14.9 Å². The molecule has 5 nitrogen and oxygen atoms in total. The number of carbonyl (C=O) groups is 1. The fourth-order valence-electron chi connectivity index (χ4n) is 2.66. The maximum atomic E-state index is 11.6. The van der Waals surface area contributed by atoms with E-state index in [1.807, 2.05) is 24.3 Å². The predicted molar refractivity (Wildman–Crippen MR) is 72.0 cm³/mol. The Morgan fingerprint density at radius 1 is 1.47 bits per heavy atom. The molecule has 1 atom stereocenters. The van der Waals surface area contributed by atoms with Gasteiger partial charge in [-0.05, 0) is 25.0 Å². The number of rotatable bonds is 1. The Morgan fingerprint density at radius 3 is 3.11 bits per heavy atom. The van der Waals surface area contributed by atoms with Gasteiger partial charge in [0, 0.05) is 19.0 Å². The summed E-state index contributed by atoms with van der Waals surface area (Å²) in [5, 5.41) is 0. The zero-order chi connectivity index (χ0) is 13.2. The SMILES string of the molecule is COC(=O)N1CCCC(c2nc3ccccc3[nH]2)C1. The number of piperidine rings is 1. The number of fused-ring (bicyclic) bond motifs is 1. The first-order valence-electron chi connectivity index (χ1n) is 6.55. The molecule has 1 aromatic heterocycles. The lowest BCUT2D eigenvalue weighted by Crippen LogP contribution is -2.39. The zero-order valence-electron chi connectivity index (χ0n) is 10.9. The van der Waals surface area contributed by atoms with Crippen molar-refractivity contribution >= 4 is 17.1 Å². The standard InChI is InChI=1S/C14H17N3O2/c1-19-14(18)17-8-4-5-10(9-17)13-15-11-6-2-3-7-12(11)16-13/h2-3,6-7,10H,4-5,8-9H2,1H3,(H,15,16). The monoisotopic (exact) mass is 259 g/mol. The molecule has 1 aromatic carbocycles. The fourth-order valence-corrected chi connectivity index (χ4v) is 2.66. The summed E-state index contributed by atoms with van der Waals surface area (Å²) in [6.07, 6.45) is 1.78. The third-order valence-corrected chi connectivity index (χ3v) is 3.65. The van der Waals surface area contributed by atoms with Crippen LogP contribution in [-0.2, 0) is 4.74 Å². The Balaban J connectivity index is 1.83. The number of hydrogen-bond acceptors (Lipinski definition) is 3. The minimum absolute atomic E-state index is 0.249. The lowest BCUT2D eigenvalue weighted by atomic mass is 9.98. The van der Waals surface area contributed by atoms with E-state index in [9.17, 15) is 4.79 Å². The highest BCUT2D eigenvalue weighted by molar-refractivity contribution is 5.75. The Bertz CT molecular complexity index is 560. The number of nitrogens with zero attached hydrogens (tertiary/aromatic N) is 2. The molecule has 0 spiro atoms. The van der Waals surface area contributed by atoms with Crippen molar-refractivity contribution in [3.05, 3.63) is 30.1 Å². The van der Waals surface area contributed by atoms with Gasteiger partial charge in [-0.2, -0.15) is 0 Å². The van der Waals surface area contributed by atoms with E-state index < -0.39 is 0 Å². The third-order valence-electron chi connectivity index (χ3n) is 3.65. The van der Waals surface area contributed by atoms with Crippen LogP contribution in [0.5, 0.6) is 0 Å². The summed E-state index contributed by atoms with van der Waals surface area (Å²) in [6, 6.07) is 7.99. The molecular formula is C14H17N3O2. The van der Waals surface area contributed by atoms with E-state index in [0.29, 0.717) is 6.54 Å². The van der Waals surface area contributed by atoms with Crippen LogP contribution in [0, 0.1) is 0 Å². The van der Waals surface area contributed by atoms with E-state index in [1.54, 1.807) is 4.90 Å². The van der Waals surface area contributed by atoms with Gasteiger partial charge in [0.05, 0.1) is 18.1 Å². The van der Waals surface area contributed by atoms with Crippen LogP contribution in [0.3, 0.4) is 0 Å². The molecule has 2 heterocycles. The Labute approximate surface area is 111 Å². The lowest BCUT2D eigenvalue weighted by molar-refractivity contribution is 0.110. The molecular weight excluding hydrogens is 242 g/mol. The third kappa shape index (κ3) is 2.28. The molecule has 0 saturated carbocycles. The largest absolute Gasteiger partial charge is 0.453 e. The van der Waals surface area contributed by atoms with Crippen molar-refractivity contribution in [2.75, 3.05) is 20.2 Å². The number of hydrogen-bond donors (Lipinski definition) is 1. The van der Waals surface area contributed by atoms with E-state index in [-0.39, 0.29) is 12.0 Å². The maximum absolute atomic E-state index is 11.6.